The summed E-state index contributed by atoms with van der Waals surface area (Å²) in [5, 5.41) is 0. The van der Waals surface area contributed by atoms with Gasteiger partial charge in [0.1, 0.15) is 0 Å². The molecule has 1 saturated carbocycles. The maximum Gasteiger partial charge on any atom is 0.228 e. The molecule has 2 heterocycles. The Labute approximate surface area is 173 Å². The molecule has 0 N–H and O–H groups in total. The van der Waals surface area contributed by atoms with E-state index in [0.29, 0.717) is 37.5 Å². The number of carbonyl (C=O) groups is 3. The fraction of sp³-hybridized carbons (Fsp3) is 0.625. The van der Waals surface area contributed by atoms with Crippen LogP contribution >= 0.6 is 0 Å². The van der Waals surface area contributed by atoms with Gasteiger partial charge in [0.2, 0.25) is 11.8 Å². The molecule has 2 atom stereocenters. The first-order chi connectivity index (χ1) is 14.0. The first-order valence-corrected chi connectivity index (χ1v) is 11.2. The molecule has 2 unspecified atom stereocenters. The Morgan fingerprint density at radius 3 is 2.45 bits per heavy atom. The number of hydrogen-bond acceptors (Lipinski definition) is 3. The Morgan fingerprint density at radius 1 is 0.966 bits per heavy atom. The van der Waals surface area contributed by atoms with Crippen molar-refractivity contribution >= 4 is 17.6 Å². The van der Waals surface area contributed by atoms with E-state index in [-0.39, 0.29) is 29.6 Å². The van der Waals surface area contributed by atoms with Crippen molar-refractivity contribution in [1.29, 1.82) is 0 Å². The van der Waals surface area contributed by atoms with Crippen molar-refractivity contribution in [1.82, 2.24) is 9.80 Å². The molecule has 0 spiro atoms. The van der Waals surface area contributed by atoms with Gasteiger partial charge in [-0.05, 0) is 56.7 Å². The third-order valence-electron chi connectivity index (χ3n) is 7.15. The van der Waals surface area contributed by atoms with E-state index in [0.717, 1.165) is 30.4 Å². The number of aryl methyl sites for hydroxylation is 2. The zero-order valence-electron chi connectivity index (χ0n) is 17.7. The molecule has 5 heteroatoms. The summed E-state index contributed by atoms with van der Waals surface area (Å²) in [7, 11) is 0. The average Bonchev–Trinajstić information content (AvgIpc) is 3.36. The minimum Gasteiger partial charge on any atom is -0.339 e. The summed E-state index contributed by atoms with van der Waals surface area (Å²) in [6.45, 7) is 5.19. The molecule has 3 aliphatic rings. The Bertz CT molecular complexity index is 812. The summed E-state index contributed by atoms with van der Waals surface area (Å²) in [6, 6.07) is 5.70. The topological polar surface area (TPSA) is 57.7 Å². The molecule has 2 saturated heterocycles. The molecule has 0 aromatic heterocycles. The minimum absolute atomic E-state index is 0.00339. The molecule has 3 fully saturated rings. The largest absolute Gasteiger partial charge is 0.339 e. The summed E-state index contributed by atoms with van der Waals surface area (Å²) in [5.41, 5.74) is 2.94. The zero-order chi connectivity index (χ0) is 20.5. The number of rotatable bonds is 4. The molecule has 0 bridgehead atoms. The maximum absolute atomic E-state index is 13.3. The smallest absolute Gasteiger partial charge is 0.228 e. The van der Waals surface area contributed by atoms with E-state index in [4.69, 9.17) is 0 Å². The van der Waals surface area contributed by atoms with Crippen molar-refractivity contribution in [2.24, 2.45) is 5.92 Å². The summed E-state index contributed by atoms with van der Waals surface area (Å²) in [4.78, 5) is 42.7. The van der Waals surface area contributed by atoms with Crippen LogP contribution in [0.1, 0.15) is 72.9 Å². The van der Waals surface area contributed by atoms with E-state index in [1.54, 1.807) is 4.90 Å². The average molecular weight is 397 g/mol. The lowest BCUT2D eigenvalue weighted by atomic mass is 9.94. The van der Waals surface area contributed by atoms with Crippen molar-refractivity contribution in [3.63, 3.8) is 0 Å². The highest BCUT2D eigenvalue weighted by molar-refractivity contribution is 6.03. The van der Waals surface area contributed by atoms with E-state index in [2.05, 4.69) is 0 Å². The van der Waals surface area contributed by atoms with Gasteiger partial charge in [0.15, 0.2) is 5.78 Å². The van der Waals surface area contributed by atoms with Crippen molar-refractivity contribution < 1.29 is 14.4 Å². The lowest BCUT2D eigenvalue weighted by Gasteiger charge is -2.32. The Morgan fingerprint density at radius 2 is 1.72 bits per heavy atom. The van der Waals surface area contributed by atoms with Crippen LogP contribution in [0.4, 0.5) is 0 Å². The van der Waals surface area contributed by atoms with E-state index in [1.165, 1.54) is 19.3 Å². The van der Waals surface area contributed by atoms with E-state index in [9.17, 15) is 14.4 Å². The van der Waals surface area contributed by atoms with Gasteiger partial charge in [-0.25, -0.2) is 0 Å². The van der Waals surface area contributed by atoms with Gasteiger partial charge < -0.3 is 9.80 Å². The lowest BCUT2D eigenvalue weighted by Crippen LogP contribution is -2.45. The molecule has 156 valence electrons. The predicted molar refractivity (Wildman–Crippen MR) is 112 cm³/mol. The van der Waals surface area contributed by atoms with Gasteiger partial charge in [0.05, 0.1) is 12.0 Å². The van der Waals surface area contributed by atoms with Crippen molar-refractivity contribution in [2.75, 3.05) is 13.1 Å². The summed E-state index contributed by atoms with van der Waals surface area (Å²) >= 11 is 0. The van der Waals surface area contributed by atoms with Crippen LogP contribution in [0.5, 0.6) is 0 Å². The van der Waals surface area contributed by atoms with Gasteiger partial charge in [0, 0.05) is 31.1 Å². The third kappa shape index (κ3) is 3.96. The van der Waals surface area contributed by atoms with Crippen LogP contribution in [0.25, 0.3) is 0 Å². The third-order valence-corrected chi connectivity index (χ3v) is 7.15. The number of nitrogens with zero attached hydrogens (tertiary/aromatic N) is 2. The number of likely N-dealkylation sites (tertiary alicyclic amines) is 2. The van der Waals surface area contributed by atoms with Crippen LogP contribution in [0, 0.1) is 19.8 Å². The van der Waals surface area contributed by atoms with Crippen LogP contribution < -0.4 is 0 Å². The van der Waals surface area contributed by atoms with E-state index in [1.807, 2.05) is 36.9 Å². The summed E-state index contributed by atoms with van der Waals surface area (Å²) in [6.07, 6.45) is 7.57. The summed E-state index contributed by atoms with van der Waals surface area (Å²) < 4.78 is 0. The minimum atomic E-state index is -0.386. The predicted octanol–water partition coefficient (Wildman–Crippen LogP) is 3.66. The molecular formula is C24H32N2O3. The molecule has 1 aliphatic carbocycles. The fourth-order valence-electron chi connectivity index (χ4n) is 5.27. The van der Waals surface area contributed by atoms with E-state index < -0.39 is 0 Å². The quantitative estimate of drug-likeness (QED) is 0.730. The van der Waals surface area contributed by atoms with Crippen LogP contribution in [-0.4, -0.2) is 52.6 Å². The normalized spacial score (nSPS) is 25.7. The number of Topliss-reactive ketones (excluding diaryl/α,β-unsaturated/α-hetero) is 1. The number of amides is 2. The number of ketones is 1. The zero-order valence-corrected chi connectivity index (χ0v) is 17.7. The molecule has 29 heavy (non-hydrogen) atoms. The van der Waals surface area contributed by atoms with Gasteiger partial charge in [-0.1, -0.05) is 31.4 Å². The molecule has 1 aromatic carbocycles. The van der Waals surface area contributed by atoms with Gasteiger partial charge in [-0.2, -0.15) is 0 Å². The molecule has 2 amide bonds. The van der Waals surface area contributed by atoms with Crippen LogP contribution in [-0.2, 0) is 9.59 Å². The molecule has 5 nitrogen and oxygen atoms in total. The molecule has 4 rings (SSSR count). The van der Waals surface area contributed by atoms with Crippen LogP contribution in [0.15, 0.2) is 18.2 Å². The second-order valence-electron chi connectivity index (χ2n) is 9.09. The molecule has 1 aromatic rings. The monoisotopic (exact) mass is 396 g/mol. The Balaban J connectivity index is 1.45. The van der Waals surface area contributed by atoms with Crippen molar-refractivity contribution in [2.45, 2.75) is 77.3 Å². The second kappa shape index (κ2) is 8.29. The fourth-order valence-corrected chi connectivity index (χ4v) is 5.27. The lowest BCUT2D eigenvalue weighted by molar-refractivity contribution is -0.136. The maximum atomic E-state index is 13.3. The number of hydrogen-bond donors (Lipinski definition) is 0. The SMILES string of the molecule is Cc1ccc(C(=O)C2CCCN2C(=O)C2CC(=O)N(C3CCCCC3)C2)cc1C. The second-order valence-corrected chi connectivity index (χ2v) is 9.09. The van der Waals surface area contributed by atoms with Gasteiger partial charge >= 0.3 is 0 Å². The van der Waals surface area contributed by atoms with Crippen molar-refractivity contribution in [3.05, 3.63) is 34.9 Å². The first-order valence-electron chi connectivity index (χ1n) is 11.2. The van der Waals surface area contributed by atoms with Crippen LogP contribution in [0.2, 0.25) is 0 Å². The van der Waals surface area contributed by atoms with Crippen LogP contribution in [0.3, 0.4) is 0 Å². The number of benzene rings is 1. The first kappa shape index (κ1) is 20.1. The van der Waals surface area contributed by atoms with Crippen molar-refractivity contribution in [3.8, 4) is 0 Å². The van der Waals surface area contributed by atoms with Gasteiger partial charge in [-0.3, -0.25) is 14.4 Å². The van der Waals surface area contributed by atoms with E-state index >= 15 is 0 Å². The van der Waals surface area contributed by atoms with Gasteiger partial charge in [0.25, 0.3) is 0 Å². The molecule has 2 aliphatic heterocycles. The highest BCUT2D eigenvalue weighted by Crippen LogP contribution is 2.31. The molecular weight excluding hydrogens is 364 g/mol. The highest BCUT2D eigenvalue weighted by atomic mass is 16.2. The molecule has 0 radical (unpaired) electrons. The number of carbonyl (C=O) groups excluding carboxylic acids is 3. The standard InChI is InChI=1S/C24H32N2O3/c1-16-10-11-18(13-17(16)2)23(28)21-9-6-12-25(21)24(29)19-14-22(27)26(15-19)20-7-4-3-5-8-20/h10-11,13,19-21H,3-9,12,14-15H2,1-2H3. The Kier molecular flexibility index (Phi) is 5.75. The Hall–Kier alpha value is -2.17. The highest BCUT2D eigenvalue weighted by Gasteiger charge is 2.43. The summed E-state index contributed by atoms with van der Waals surface area (Å²) in [5.74, 6) is -0.146. The van der Waals surface area contributed by atoms with Gasteiger partial charge in [-0.15, -0.1) is 0 Å².